The second-order valence-corrected chi connectivity index (χ2v) is 3.69. The summed E-state index contributed by atoms with van der Waals surface area (Å²) in [6.45, 7) is 2.30. The number of H-pyrrole nitrogens is 1. The standard InChI is InChI=1S/C14H13NO3/c1-2-18-12-9-8-11(16)14(17)15-13(12)10-6-4-3-5-7-10/h3-9H,2H2,1H3,(H,15,16,17). The Balaban J connectivity index is 2.72. The summed E-state index contributed by atoms with van der Waals surface area (Å²) in [6.07, 6.45) is 0. The Labute approximate surface area is 104 Å². The minimum Gasteiger partial charge on any atom is -0.492 e. The lowest BCUT2D eigenvalue weighted by molar-refractivity contribution is 0.341. The van der Waals surface area contributed by atoms with Gasteiger partial charge < -0.3 is 9.72 Å². The Kier molecular flexibility index (Phi) is 3.57. The summed E-state index contributed by atoms with van der Waals surface area (Å²) >= 11 is 0. The summed E-state index contributed by atoms with van der Waals surface area (Å²) in [7, 11) is 0. The lowest BCUT2D eigenvalue weighted by Gasteiger charge is -2.06. The summed E-state index contributed by atoms with van der Waals surface area (Å²) < 4.78 is 5.45. The average molecular weight is 243 g/mol. The highest BCUT2D eigenvalue weighted by atomic mass is 16.5. The van der Waals surface area contributed by atoms with Gasteiger partial charge in [0, 0.05) is 5.56 Å². The number of aromatic nitrogens is 1. The monoisotopic (exact) mass is 243 g/mol. The molecule has 2 rings (SSSR count). The van der Waals surface area contributed by atoms with Crippen LogP contribution in [-0.2, 0) is 0 Å². The van der Waals surface area contributed by atoms with Crippen LogP contribution in [0.5, 0.6) is 5.75 Å². The first-order valence-electron chi connectivity index (χ1n) is 5.68. The molecule has 0 atom stereocenters. The summed E-state index contributed by atoms with van der Waals surface area (Å²) in [6, 6.07) is 12.0. The van der Waals surface area contributed by atoms with E-state index in [1.54, 1.807) is 0 Å². The van der Waals surface area contributed by atoms with E-state index in [-0.39, 0.29) is 0 Å². The second kappa shape index (κ2) is 5.31. The van der Waals surface area contributed by atoms with Crippen LogP contribution in [0.4, 0.5) is 0 Å². The van der Waals surface area contributed by atoms with Crippen molar-refractivity contribution >= 4 is 0 Å². The van der Waals surface area contributed by atoms with E-state index in [2.05, 4.69) is 4.98 Å². The van der Waals surface area contributed by atoms with Crippen molar-refractivity contribution in [1.29, 1.82) is 0 Å². The molecule has 4 nitrogen and oxygen atoms in total. The number of nitrogens with one attached hydrogen (secondary N) is 1. The molecule has 0 unspecified atom stereocenters. The Hall–Kier alpha value is -2.36. The molecule has 0 bridgehead atoms. The van der Waals surface area contributed by atoms with E-state index in [1.807, 2.05) is 37.3 Å². The SMILES string of the molecule is CCOc1ccc(=O)c(=O)[nH]c1-c1ccccc1. The van der Waals surface area contributed by atoms with E-state index >= 15 is 0 Å². The van der Waals surface area contributed by atoms with Crippen LogP contribution in [-0.4, -0.2) is 11.6 Å². The second-order valence-electron chi connectivity index (χ2n) is 3.69. The van der Waals surface area contributed by atoms with Crippen LogP contribution in [0, 0.1) is 0 Å². The van der Waals surface area contributed by atoms with Crippen molar-refractivity contribution in [3.05, 3.63) is 63.0 Å². The molecule has 92 valence electrons. The molecule has 1 aromatic heterocycles. The van der Waals surface area contributed by atoms with Crippen LogP contribution in [0.15, 0.2) is 52.1 Å². The molecular weight excluding hydrogens is 230 g/mol. The van der Waals surface area contributed by atoms with Crippen molar-refractivity contribution in [2.45, 2.75) is 6.92 Å². The molecule has 0 aliphatic carbocycles. The van der Waals surface area contributed by atoms with Gasteiger partial charge in [-0.25, -0.2) is 0 Å². The van der Waals surface area contributed by atoms with Gasteiger partial charge in [0.15, 0.2) is 0 Å². The first-order chi connectivity index (χ1) is 8.72. The number of rotatable bonds is 3. The van der Waals surface area contributed by atoms with Gasteiger partial charge in [-0.2, -0.15) is 0 Å². The van der Waals surface area contributed by atoms with Crippen LogP contribution in [0.3, 0.4) is 0 Å². The summed E-state index contributed by atoms with van der Waals surface area (Å²) in [5.41, 5.74) is 0.0798. The van der Waals surface area contributed by atoms with Gasteiger partial charge in [0.1, 0.15) is 5.75 Å². The van der Waals surface area contributed by atoms with E-state index in [0.29, 0.717) is 18.1 Å². The lowest BCUT2D eigenvalue weighted by Crippen LogP contribution is -2.22. The molecule has 0 radical (unpaired) electrons. The number of hydrogen-bond acceptors (Lipinski definition) is 3. The molecule has 0 amide bonds. The maximum absolute atomic E-state index is 11.5. The van der Waals surface area contributed by atoms with Gasteiger partial charge in [0.25, 0.3) is 5.56 Å². The van der Waals surface area contributed by atoms with Crippen LogP contribution in [0.1, 0.15) is 6.92 Å². The zero-order valence-corrected chi connectivity index (χ0v) is 9.97. The summed E-state index contributed by atoms with van der Waals surface area (Å²) in [4.78, 5) is 25.5. The molecule has 1 N–H and O–H groups in total. The molecule has 1 aromatic carbocycles. The third-order valence-corrected chi connectivity index (χ3v) is 2.46. The first-order valence-corrected chi connectivity index (χ1v) is 5.68. The Morgan fingerprint density at radius 3 is 2.44 bits per heavy atom. The van der Waals surface area contributed by atoms with E-state index in [4.69, 9.17) is 4.74 Å². The van der Waals surface area contributed by atoms with Gasteiger partial charge in [-0.15, -0.1) is 0 Å². The predicted molar refractivity (Wildman–Crippen MR) is 69.9 cm³/mol. The lowest BCUT2D eigenvalue weighted by atomic mass is 10.1. The zero-order valence-electron chi connectivity index (χ0n) is 9.97. The Bertz CT molecular complexity index is 647. The molecule has 4 heteroatoms. The normalized spacial score (nSPS) is 10.1. The molecular formula is C14H13NO3. The maximum Gasteiger partial charge on any atom is 0.296 e. The van der Waals surface area contributed by atoms with Crippen LogP contribution in [0.2, 0.25) is 0 Å². The van der Waals surface area contributed by atoms with E-state index in [9.17, 15) is 9.59 Å². The van der Waals surface area contributed by atoms with Crippen molar-refractivity contribution in [3.8, 4) is 17.0 Å². The van der Waals surface area contributed by atoms with E-state index < -0.39 is 11.0 Å². The number of aromatic amines is 1. The molecule has 1 heterocycles. The highest BCUT2D eigenvalue weighted by Gasteiger charge is 2.06. The topological polar surface area (TPSA) is 59.2 Å². The van der Waals surface area contributed by atoms with Gasteiger partial charge in [-0.1, -0.05) is 30.3 Å². The van der Waals surface area contributed by atoms with Gasteiger partial charge in [-0.3, -0.25) is 9.59 Å². The van der Waals surface area contributed by atoms with Gasteiger partial charge >= 0.3 is 0 Å². The van der Waals surface area contributed by atoms with Crippen molar-refractivity contribution in [1.82, 2.24) is 4.98 Å². The Morgan fingerprint density at radius 2 is 1.78 bits per heavy atom. The predicted octanol–water partition coefficient (Wildman–Crippen LogP) is 1.80. The minimum atomic E-state index is -0.653. The quantitative estimate of drug-likeness (QED) is 0.836. The maximum atomic E-state index is 11.5. The first kappa shape index (κ1) is 12.1. The van der Waals surface area contributed by atoms with Gasteiger partial charge in [-0.05, 0) is 19.1 Å². The highest BCUT2D eigenvalue weighted by molar-refractivity contribution is 5.65. The molecule has 0 saturated heterocycles. The van der Waals surface area contributed by atoms with Gasteiger partial charge in [0.2, 0.25) is 5.43 Å². The molecule has 0 saturated carbocycles. The number of hydrogen-bond donors (Lipinski definition) is 1. The molecule has 0 spiro atoms. The highest BCUT2D eigenvalue weighted by Crippen LogP contribution is 2.25. The largest absolute Gasteiger partial charge is 0.492 e. The average Bonchev–Trinajstić information content (AvgIpc) is 2.53. The van der Waals surface area contributed by atoms with Crippen LogP contribution >= 0.6 is 0 Å². The molecule has 0 fully saturated rings. The number of ether oxygens (including phenoxy) is 1. The molecule has 18 heavy (non-hydrogen) atoms. The molecule has 0 aliphatic rings. The van der Waals surface area contributed by atoms with Crippen molar-refractivity contribution in [2.75, 3.05) is 6.61 Å². The fourth-order valence-corrected chi connectivity index (χ4v) is 1.64. The molecule has 2 aromatic rings. The van der Waals surface area contributed by atoms with E-state index in [1.165, 1.54) is 12.1 Å². The number of benzene rings is 1. The van der Waals surface area contributed by atoms with Crippen molar-refractivity contribution < 1.29 is 4.74 Å². The summed E-state index contributed by atoms with van der Waals surface area (Å²) in [5, 5.41) is 0. The third kappa shape index (κ3) is 2.48. The smallest absolute Gasteiger partial charge is 0.296 e. The fourth-order valence-electron chi connectivity index (χ4n) is 1.64. The third-order valence-electron chi connectivity index (χ3n) is 2.46. The summed E-state index contributed by atoms with van der Waals surface area (Å²) in [5.74, 6) is 0.489. The zero-order chi connectivity index (χ0) is 13.0. The molecule has 0 aliphatic heterocycles. The van der Waals surface area contributed by atoms with Crippen molar-refractivity contribution in [3.63, 3.8) is 0 Å². The van der Waals surface area contributed by atoms with Gasteiger partial charge in [0.05, 0.1) is 12.3 Å². The van der Waals surface area contributed by atoms with E-state index in [0.717, 1.165) is 5.56 Å². The van der Waals surface area contributed by atoms with Crippen molar-refractivity contribution in [2.24, 2.45) is 0 Å². The fraction of sp³-hybridized carbons (Fsp3) is 0.143. The minimum absolute atomic E-state index is 0.458. The van der Waals surface area contributed by atoms with Crippen LogP contribution < -0.4 is 15.7 Å². The van der Waals surface area contributed by atoms with Crippen LogP contribution in [0.25, 0.3) is 11.3 Å². The Morgan fingerprint density at radius 1 is 1.06 bits per heavy atom.